The zero-order valence-corrected chi connectivity index (χ0v) is 9.56. The maximum Gasteiger partial charge on any atom is 0.219 e. The zero-order chi connectivity index (χ0) is 11.8. The molecule has 0 bridgehead atoms. The standard InChI is InChI=1S/C12H13N3O2/c1-8(16)15-5-4-10-9(7-15)12(14-13-10)11-3-2-6-17-11/h2-3,6H,4-5,7H2,1H3,(H,13,14). The largest absolute Gasteiger partial charge is 0.463 e. The number of hydrogen-bond donors (Lipinski definition) is 1. The first-order valence-electron chi connectivity index (χ1n) is 5.61. The Morgan fingerprint density at radius 2 is 2.47 bits per heavy atom. The highest BCUT2D eigenvalue weighted by Crippen LogP contribution is 2.28. The fourth-order valence-electron chi connectivity index (χ4n) is 2.18. The molecule has 0 atom stereocenters. The average molecular weight is 231 g/mol. The summed E-state index contributed by atoms with van der Waals surface area (Å²) < 4.78 is 5.35. The molecule has 0 saturated heterocycles. The Morgan fingerprint density at radius 3 is 3.18 bits per heavy atom. The summed E-state index contributed by atoms with van der Waals surface area (Å²) in [5.74, 6) is 0.843. The molecule has 1 amide bonds. The highest BCUT2D eigenvalue weighted by Gasteiger charge is 2.24. The molecule has 88 valence electrons. The van der Waals surface area contributed by atoms with Gasteiger partial charge in [0.15, 0.2) is 5.76 Å². The third-order valence-electron chi connectivity index (χ3n) is 3.13. The molecule has 5 nitrogen and oxygen atoms in total. The Kier molecular flexibility index (Phi) is 2.24. The van der Waals surface area contributed by atoms with Crippen molar-refractivity contribution < 1.29 is 9.21 Å². The Morgan fingerprint density at radius 1 is 1.59 bits per heavy atom. The number of carbonyl (C=O) groups is 1. The number of carbonyl (C=O) groups excluding carboxylic acids is 1. The van der Waals surface area contributed by atoms with Crippen LogP contribution in [0.2, 0.25) is 0 Å². The molecule has 0 saturated carbocycles. The molecule has 0 radical (unpaired) electrons. The summed E-state index contributed by atoms with van der Waals surface area (Å²) in [4.78, 5) is 13.2. The van der Waals surface area contributed by atoms with Crippen LogP contribution in [0.5, 0.6) is 0 Å². The van der Waals surface area contributed by atoms with Crippen LogP contribution in [0.3, 0.4) is 0 Å². The lowest BCUT2D eigenvalue weighted by atomic mass is 10.0. The van der Waals surface area contributed by atoms with E-state index in [2.05, 4.69) is 10.2 Å². The van der Waals surface area contributed by atoms with Crippen LogP contribution in [0.15, 0.2) is 22.8 Å². The molecule has 3 rings (SSSR count). The number of aromatic amines is 1. The van der Waals surface area contributed by atoms with E-state index in [-0.39, 0.29) is 5.91 Å². The normalized spacial score (nSPS) is 14.8. The van der Waals surface area contributed by atoms with Gasteiger partial charge in [0.25, 0.3) is 0 Å². The van der Waals surface area contributed by atoms with Crippen molar-refractivity contribution in [1.29, 1.82) is 0 Å². The summed E-state index contributed by atoms with van der Waals surface area (Å²) in [5.41, 5.74) is 2.99. The zero-order valence-electron chi connectivity index (χ0n) is 9.56. The lowest BCUT2D eigenvalue weighted by molar-refractivity contribution is -0.129. The van der Waals surface area contributed by atoms with E-state index in [4.69, 9.17) is 4.42 Å². The van der Waals surface area contributed by atoms with E-state index in [1.165, 1.54) is 0 Å². The summed E-state index contributed by atoms with van der Waals surface area (Å²) in [5, 5.41) is 7.30. The molecule has 1 aliphatic rings. The van der Waals surface area contributed by atoms with E-state index in [1.54, 1.807) is 13.2 Å². The quantitative estimate of drug-likeness (QED) is 0.810. The molecule has 2 aromatic heterocycles. The molecule has 1 N–H and O–H groups in total. The minimum atomic E-state index is 0.0993. The lowest BCUT2D eigenvalue weighted by Crippen LogP contribution is -2.34. The number of H-pyrrole nitrogens is 1. The van der Waals surface area contributed by atoms with Crippen LogP contribution < -0.4 is 0 Å². The van der Waals surface area contributed by atoms with Crippen molar-refractivity contribution >= 4 is 5.91 Å². The van der Waals surface area contributed by atoms with E-state index in [0.717, 1.165) is 35.7 Å². The molecule has 17 heavy (non-hydrogen) atoms. The van der Waals surface area contributed by atoms with Crippen molar-refractivity contribution in [3.8, 4) is 11.5 Å². The SMILES string of the molecule is CC(=O)N1CCc2[nH]nc(-c3ccco3)c2C1. The second-order valence-electron chi connectivity index (χ2n) is 4.20. The van der Waals surface area contributed by atoms with Gasteiger partial charge in [-0.2, -0.15) is 5.10 Å². The molecule has 1 aliphatic heterocycles. The molecule has 3 heterocycles. The number of aromatic nitrogens is 2. The van der Waals surface area contributed by atoms with Gasteiger partial charge in [-0.05, 0) is 12.1 Å². The van der Waals surface area contributed by atoms with E-state index in [0.29, 0.717) is 6.54 Å². The van der Waals surface area contributed by atoms with Crippen LogP contribution in [-0.2, 0) is 17.8 Å². The predicted octanol–water partition coefficient (Wildman–Crippen LogP) is 1.57. The number of nitrogens with zero attached hydrogens (tertiary/aromatic N) is 2. The third kappa shape index (κ3) is 1.63. The minimum Gasteiger partial charge on any atom is -0.463 e. The first-order chi connectivity index (χ1) is 8.25. The molecular weight excluding hydrogens is 218 g/mol. The Hall–Kier alpha value is -2.04. The average Bonchev–Trinajstić information content (AvgIpc) is 2.96. The van der Waals surface area contributed by atoms with Crippen LogP contribution in [0.1, 0.15) is 18.2 Å². The number of rotatable bonds is 1. The molecule has 0 fully saturated rings. The van der Waals surface area contributed by atoms with Crippen molar-refractivity contribution in [3.63, 3.8) is 0 Å². The number of amides is 1. The number of nitrogens with one attached hydrogen (secondary N) is 1. The van der Waals surface area contributed by atoms with E-state index < -0.39 is 0 Å². The van der Waals surface area contributed by atoms with Crippen molar-refractivity contribution in [3.05, 3.63) is 29.7 Å². The highest BCUT2D eigenvalue weighted by atomic mass is 16.3. The lowest BCUT2D eigenvalue weighted by Gasteiger charge is -2.25. The van der Waals surface area contributed by atoms with Crippen LogP contribution in [0.4, 0.5) is 0 Å². The van der Waals surface area contributed by atoms with E-state index in [9.17, 15) is 4.79 Å². The summed E-state index contributed by atoms with van der Waals surface area (Å²) in [6.45, 7) is 2.96. The van der Waals surface area contributed by atoms with Crippen LogP contribution >= 0.6 is 0 Å². The van der Waals surface area contributed by atoms with Gasteiger partial charge in [-0.1, -0.05) is 0 Å². The molecule has 5 heteroatoms. The molecule has 0 spiro atoms. The molecule has 0 aromatic carbocycles. The topological polar surface area (TPSA) is 62.1 Å². The summed E-state index contributed by atoms with van der Waals surface area (Å²) in [6.07, 6.45) is 2.45. The minimum absolute atomic E-state index is 0.0993. The first-order valence-corrected chi connectivity index (χ1v) is 5.61. The van der Waals surface area contributed by atoms with Crippen LogP contribution in [-0.4, -0.2) is 27.5 Å². The number of fused-ring (bicyclic) bond motifs is 1. The van der Waals surface area contributed by atoms with Gasteiger partial charge in [0.2, 0.25) is 5.91 Å². The van der Waals surface area contributed by atoms with Crippen molar-refractivity contribution in [1.82, 2.24) is 15.1 Å². The van der Waals surface area contributed by atoms with Gasteiger partial charge in [-0.25, -0.2) is 0 Å². The van der Waals surface area contributed by atoms with Gasteiger partial charge < -0.3 is 9.32 Å². The van der Waals surface area contributed by atoms with E-state index in [1.807, 2.05) is 17.0 Å². The monoisotopic (exact) mass is 231 g/mol. The first kappa shape index (κ1) is 10.1. The van der Waals surface area contributed by atoms with Crippen molar-refractivity contribution in [2.75, 3.05) is 6.54 Å². The smallest absolute Gasteiger partial charge is 0.219 e. The maximum absolute atomic E-state index is 11.4. The summed E-state index contributed by atoms with van der Waals surface area (Å²) in [6, 6.07) is 3.71. The maximum atomic E-state index is 11.4. The number of furan rings is 1. The van der Waals surface area contributed by atoms with Gasteiger partial charge in [0, 0.05) is 37.7 Å². The highest BCUT2D eigenvalue weighted by molar-refractivity contribution is 5.74. The fourth-order valence-corrected chi connectivity index (χ4v) is 2.18. The Balaban J connectivity index is 2.00. The van der Waals surface area contributed by atoms with Crippen molar-refractivity contribution in [2.24, 2.45) is 0 Å². The summed E-state index contributed by atoms with van der Waals surface area (Å²) >= 11 is 0. The van der Waals surface area contributed by atoms with Gasteiger partial charge in [-0.15, -0.1) is 0 Å². The number of hydrogen-bond acceptors (Lipinski definition) is 3. The molecule has 0 unspecified atom stereocenters. The van der Waals surface area contributed by atoms with Gasteiger partial charge in [-0.3, -0.25) is 9.89 Å². The molecule has 0 aliphatic carbocycles. The fraction of sp³-hybridized carbons (Fsp3) is 0.333. The third-order valence-corrected chi connectivity index (χ3v) is 3.13. The predicted molar refractivity (Wildman–Crippen MR) is 61.1 cm³/mol. The Labute approximate surface area is 98.4 Å². The molecular formula is C12H13N3O2. The second-order valence-corrected chi connectivity index (χ2v) is 4.20. The van der Waals surface area contributed by atoms with Gasteiger partial charge in [0.1, 0.15) is 5.69 Å². The van der Waals surface area contributed by atoms with Gasteiger partial charge >= 0.3 is 0 Å². The van der Waals surface area contributed by atoms with E-state index >= 15 is 0 Å². The van der Waals surface area contributed by atoms with Crippen LogP contribution in [0.25, 0.3) is 11.5 Å². The van der Waals surface area contributed by atoms with Crippen LogP contribution in [0, 0.1) is 0 Å². The molecule has 2 aromatic rings. The van der Waals surface area contributed by atoms with Gasteiger partial charge in [0.05, 0.1) is 6.26 Å². The van der Waals surface area contributed by atoms with Crippen molar-refractivity contribution in [2.45, 2.75) is 19.9 Å². The Bertz CT molecular complexity index is 542. The summed E-state index contributed by atoms with van der Waals surface area (Å²) in [7, 11) is 0. The second kappa shape index (κ2) is 3.76.